The first kappa shape index (κ1) is 21.8. The van der Waals surface area contributed by atoms with E-state index in [4.69, 9.17) is 14.5 Å². The number of fused-ring (bicyclic) bond motifs is 4. The topological polar surface area (TPSA) is 76.4 Å². The summed E-state index contributed by atoms with van der Waals surface area (Å²) in [5.41, 5.74) is 2.41. The van der Waals surface area contributed by atoms with Gasteiger partial charge in [-0.05, 0) is 52.7 Å². The molecule has 0 spiro atoms. The van der Waals surface area contributed by atoms with Crippen molar-refractivity contribution in [2.45, 2.75) is 6.54 Å². The lowest BCUT2D eigenvalue weighted by atomic mass is 10.1. The van der Waals surface area contributed by atoms with Crippen molar-refractivity contribution < 1.29 is 14.3 Å². The number of amides is 1. The van der Waals surface area contributed by atoms with Gasteiger partial charge in [-0.1, -0.05) is 30.3 Å². The predicted molar refractivity (Wildman–Crippen MR) is 140 cm³/mol. The van der Waals surface area contributed by atoms with Gasteiger partial charge in [-0.25, -0.2) is 4.98 Å². The molecule has 0 N–H and O–H groups in total. The highest BCUT2D eigenvalue weighted by atomic mass is 16.7. The van der Waals surface area contributed by atoms with Crippen molar-refractivity contribution in [1.29, 1.82) is 0 Å². The molecule has 184 valence electrons. The molecule has 37 heavy (non-hydrogen) atoms. The number of hydrogen-bond donors (Lipinski definition) is 0. The van der Waals surface area contributed by atoms with Crippen LogP contribution in [0.2, 0.25) is 0 Å². The maximum absolute atomic E-state index is 13.6. The van der Waals surface area contributed by atoms with Crippen LogP contribution >= 0.6 is 0 Å². The normalized spacial score (nSPS) is 15.6. The number of rotatable bonds is 3. The largest absolute Gasteiger partial charge is 0.454 e. The van der Waals surface area contributed by atoms with E-state index in [0.29, 0.717) is 35.2 Å². The third-order valence-corrected chi connectivity index (χ3v) is 7.24. The standard InChI is InChI=1S/C29H24N4O4/c34-28(32-12-10-31(11-13-32)17-19-7-8-25-26(14-19)37-18-36-25)22-6-3-9-33-27(22)30-24-16-21-5-2-1-4-20(21)15-23(24)29(33)35/h1-9,14-16H,10-13,17-18H2. The van der Waals surface area contributed by atoms with Crippen molar-refractivity contribution in [3.05, 3.63) is 94.4 Å². The fraction of sp³-hybridized carbons (Fsp3) is 0.207. The molecule has 1 saturated heterocycles. The van der Waals surface area contributed by atoms with Crippen molar-refractivity contribution in [2.24, 2.45) is 0 Å². The molecule has 0 aliphatic carbocycles. The number of ether oxygens (including phenoxy) is 2. The van der Waals surface area contributed by atoms with Crippen LogP contribution < -0.4 is 15.0 Å². The number of aromatic nitrogens is 2. The summed E-state index contributed by atoms with van der Waals surface area (Å²) in [4.78, 5) is 35.9. The first-order valence-corrected chi connectivity index (χ1v) is 12.4. The number of piperazine rings is 1. The van der Waals surface area contributed by atoms with E-state index in [1.807, 2.05) is 53.4 Å². The summed E-state index contributed by atoms with van der Waals surface area (Å²) in [7, 11) is 0. The fourth-order valence-corrected chi connectivity index (χ4v) is 5.26. The molecule has 8 nitrogen and oxygen atoms in total. The van der Waals surface area contributed by atoms with E-state index >= 15 is 0 Å². The van der Waals surface area contributed by atoms with Crippen LogP contribution in [-0.4, -0.2) is 58.1 Å². The number of nitrogens with zero attached hydrogens (tertiary/aromatic N) is 4. The quantitative estimate of drug-likeness (QED) is 0.358. The van der Waals surface area contributed by atoms with Crippen molar-refractivity contribution in [3.63, 3.8) is 0 Å². The lowest BCUT2D eigenvalue weighted by molar-refractivity contribution is 0.0629. The van der Waals surface area contributed by atoms with E-state index in [-0.39, 0.29) is 18.3 Å². The van der Waals surface area contributed by atoms with Crippen LogP contribution in [0.5, 0.6) is 11.5 Å². The first-order chi connectivity index (χ1) is 18.1. The molecule has 2 aliphatic rings. The van der Waals surface area contributed by atoms with E-state index in [2.05, 4.69) is 11.0 Å². The van der Waals surface area contributed by atoms with Crippen LogP contribution in [0.25, 0.3) is 27.3 Å². The van der Waals surface area contributed by atoms with Gasteiger partial charge in [0.1, 0.15) is 0 Å². The number of pyridine rings is 1. The molecule has 0 radical (unpaired) electrons. The molecule has 1 amide bonds. The molecule has 2 aliphatic heterocycles. The number of carbonyl (C=O) groups excluding carboxylic acids is 1. The molecule has 8 heteroatoms. The van der Waals surface area contributed by atoms with Crippen LogP contribution in [0, 0.1) is 0 Å². The molecule has 0 atom stereocenters. The monoisotopic (exact) mass is 492 g/mol. The summed E-state index contributed by atoms with van der Waals surface area (Å²) in [5.74, 6) is 1.46. The minimum Gasteiger partial charge on any atom is -0.454 e. The SMILES string of the molecule is O=C(c1cccn2c(=O)c3cc4ccccc4cc3nc12)N1CCN(Cc2ccc3c(c2)OCO3)CC1. The molecular formula is C29H24N4O4. The summed E-state index contributed by atoms with van der Waals surface area (Å²) in [6, 6.07) is 21.2. The maximum atomic E-state index is 13.6. The van der Waals surface area contributed by atoms with Gasteiger partial charge in [0.05, 0.1) is 16.5 Å². The van der Waals surface area contributed by atoms with Crippen LogP contribution in [-0.2, 0) is 6.54 Å². The Bertz CT molecular complexity index is 1750. The van der Waals surface area contributed by atoms with Gasteiger partial charge in [0.2, 0.25) is 6.79 Å². The second-order valence-electron chi connectivity index (χ2n) is 9.50. The summed E-state index contributed by atoms with van der Waals surface area (Å²) in [6.07, 6.45) is 1.68. The fourth-order valence-electron chi connectivity index (χ4n) is 5.26. The Kier molecular flexibility index (Phi) is 5.07. The average Bonchev–Trinajstić information content (AvgIpc) is 3.40. The third-order valence-electron chi connectivity index (χ3n) is 7.24. The smallest absolute Gasteiger partial charge is 0.265 e. The van der Waals surface area contributed by atoms with Gasteiger partial charge < -0.3 is 14.4 Å². The number of benzene rings is 3. The Morgan fingerprint density at radius 1 is 0.865 bits per heavy atom. The van der Waals surface area contributed by atoms with Crippen LogP contribution in [0.4, 0.5) is 0 Å². The van der Waals surface area contributed by atoms with E-state index in [1.165, 1.54) is 4.40 Å². The van der Waals surface area contributed by atoms with E-state index in [1.54, 1.807) is 18.3 Å². The summed E-state index contributed by atoms with van der Waals surface area (Å²) in [6.45, 7) is 3.77. The van der Waals surface area contributed by atoms with Gasteiger partial charge in [-0.3, -0.25) is 18.9 Å². The van der Waals surface area contributed by atoms with Crippen molar-refractivity contribution in [2.75, 3.05) is 33.0 Å². The average molecular weight is 493 g/mol. The Morgan fingerprint density at radius 3 is 2.49 bits per heavy atom. The van der Waals surface area contributed by atoms with E-state index in [0.717, 1.165) is 47.5 Å². The molecule has 2 aromatic heterocycles. The molecule has 0 unspecified atom stereocenters. The predicted octanol–water partition coefficient (Wildman–Crippen LogP) is 3.69. The van der Waals surface area contributed by atoms with E-state index < -0.39 is 0 Å². The second kappa shape index (κ2) is 8.60. The zero-order chi connectivity index (χ0) is 24.9. The van der Waals surface area contributed by atoms with Gasteiger partial charge >= 0.3 is 0 Å². The molecule has 1 fully saturated rings. The summed E-state index contributed by atoms with van der Waals surface area (Å²) < 4.78 is 12.4. The van der Waals surface area contributed by atoms with E-state index in [9.17, 15) is 9.59 Å². The summed E-state index contributed by atoms with van der Waals surface area (Å²) >= 11 is 0. The summed E-state index contributed by atoms with van der Waals surface area (Å²) in [5, 5.41) is 2.53. The first-order valence-electron chi connectivity index (χ1n) is 12.4. The second-order valence-corrected chi connectivity index (χ2v) is 9.50. The lowest BCUT2D eigenvalue weighted by Crippen LogP contribution is -2.48. The highest BCUT2D eigenvalue weighted by Gasteiger charge is 2.25. The molecule has 3 aromatic carbocycles. The molecule has 0 bridgehead atoms. The van der Waals surface area contributed by atoms with Gasteiger partial charge in [-0.15, -0.1) is 0 Å². The zero-order valence-electron chi connectivity index (χ0n) is 20.1. The van der Waals surface area contributed by atoms with Gasteiger partial charge in [0, 0.05) is 38.9 Å². The minimum absolute atomic E-state index is 0.104. The zero-order valence-corrected chi connectivity index (χ0v) is 20.1. The van der Waals surface area contributed by atoms with Gasteiger partial charge in [0.15, 0.2) is 17.1 Å². The van der Waals surface area contributed by atoms with Crippen LogP contribution in [0.3, 0.4) is 0 Å². The molecule has 7 rings (SSSR count). The highest BCUT2D eigenvalue weighted by Crippen LogP contribution is 2.33. The Morgan fingerprint density at radius 2 is 1.65 bits per heavy atom. The number of hydrogen-bond acceptors (Lipinski definition) is 6. The van der Waals surface area contributed by atoms with Gasteiger partial charge in [-0.2, -0.15) is 0 Å². The minimum atomic E-state index is -0.172. The van der Waals surface area contributed by atoms with Gasteiger partial charge in [0.25, 0.3) is 11.5 Å². The van der Waals surface area contributed by atoms with Crippen molar-refractivity contribution in [3.8, 4) is 11.5 Å². The van der Waals surface area contributed by atoms with Crippen molar-refractivity contribution >= 4 is 33.2 Å². The Hall–Kier alpha value is -4.43. The highest BCUT2D eigenvalue weighted by molar-refractivity contribution is 6.02. The Balaban J connectivity index is 1.15. The lowest BCUT2D eigenvalue weighted by Gasteiger charge is -2.34. The van der Waals surface area contributed by atoms with Crippen LogP contribution in [0.15, 0.2) is 77.7 Å². The molecular weight excluding hydrogens is 468 g/mol. The van der Waals surface area contributed by atoms with Crippen molar-refractivity contribution in [1.82, 2.24) is 19.2 Å². The van der Waals surface area contributed by atoms with Crippen LogP contribution in [0.1, 0.15) is 15.9 Å². The third kappa shape index (κ3) is 3.77. The molecule has 0 saturated carbocycles. The molecule has 4 heterocycles. The maximum Gasteiger partial charge on any atom is 0.265 e. The number of carbonyl (C=O) groups is 1. The molecule has 5 aromatic rings. The Labute approximate surface area is 212 Å².